The summed E-state index contributed by atoms with van der Waals surface area (Å²) in [4.78, 5) is 24.6. The van der Waals surface area contributed by atoms with Gasteiger partial charge in [-0.15, -0.1) is 12.4 Å². The van der Waals surface area contributed by atoms with Crippen molar-refractivity contribution in [2.45, 2.75) is 64.0 Å². The monoisotopic (exact) mass is 393 g/mol. The average Bonchev–Trinajstić information content (AvgIpc) is 2.66. The van der Waals surface area contributed by atoms with Crippen molar-refractivity contribution in [2.24, 2.45) is 5.92 Å². The summed E-state index contributed by atoms with van der Waals surface area (Å²) in [6.45, 7) is 3.22. The first-order valence-electron chi connectivity index (χ1n) is 10.0. The molecule has 5 nitrogen and oxygen atoms in total. The molecule has 0 aromatic heterocycles. The largest absolute Gasteiger partial charge is 0.352 e. The molecule has 2 amide bonds. The maximum Gasteiger partial charge on any atom is 0.242 e. The number of carbonyl (C=O) groups excluding carboxylic acids is 2. The third kappa shape index (κ3) is 6.22. The van der Waals surface area contributed by atoms with Gasteiger partial charge in [-0.05, 0) is 49.8 Å². The van der Waals surface area contributed by atoms with Crippen LogP contribution in [0, 0.1) is 5.92 Å². The number of halogens is 1. The number of nitrogens with one attached hydrogen (secondary N) is 3. The van der Waals surface area contributed by atoms with Crippen LogP contribution < -0.4 is 16.0 Å². The van der Waals surface area contributed by atoms with Gasteiger partial charge in [-0.25, -0.2) is 0 Å². The summed E-state index contributed by atoms with van der Waals surface area (Å²) in [6, 6.07) is 8.00. The first kappa shape index (κ1) is 21.7. The maximum absolute atomic E-state index is 12.4. The number of amides is 2. The molecule has 27 heavy (non-hydrogen) atoms. The first-order chi connectivity index (χ1) is 12.6. The molecular formula is C21H32ClN3O2. The Morgan fingerprint density at radius 3 is 2.70 bits per heavy atom. The summed E-state index contributed by atoms with van der Waals surface area (Å²) in [5, 5.41) is 9.31. The smallest absolute Gasteiger partial charge is 0.242 e. The molecule has 0 saturated heterocycles. The van der Waals surface area contributed by atoms with Gasteiger partial charge in [0.25, 0.3) is 0 Å². The quantitative estimate of drug-likeness (QED) is 0.696. The number of hydrogen-bond acceptors (Lipinski definition) is 3. The molecule has 3 rings (SSSR count). The predicted octanol–water partition coefficient (Wildman–Crippen LogP) is 2.89. The van der Waals surface area contributed by atoms with E-state index in [0.717, 1.165) is 25.8 Å². The van der Waals surface area contributed by atoms with Crippen molar-refractivity contribution >= 4 is 24.2 Å². The molecule has 1 aliphatic carbocycles. The highest BCUT2D eigenvalue weighted by atomic mass is 35.5. The normalized spacial score (nSPS) is 20.7. The fraction of sp³-hybridized carbons (Fsp3) is 0.619. The van der Waals surface area contributed by atoms with Crippen molar-refractivity contribution < 1.29 is 9.59 Å². The number of fused-ring (bicyclic) bond motifs is 1. The van der Waals surface area contributed by atoms with E-state index in [1.165, 1.54) is 30.4 Å². The van der Waals surface area contributed by atoms with Gasteiger partial charge in [0.15, 0.2) is 0 Å². The van der Waals surface area contributed by atoms with E-state index >= 15 is 0 Å². The predicted molar refractivity (Wildman–Crippen MR) is 110 cm³/mol. The van der Waals surface area contributed by atoms with E-state index in [0.29, 0.717) is 18.9 Å². The van der Waals surface area contributed by atoms with Crippen molar-refractivity contribution in [1.29, 1.82) is 0 Å². The second kappa shape index (κ2) is 10.7. The van der Waals surface area contributed by atoms with E-state index in [4.69, 9.17) is 0 Å². The standard InChI is InChI=1S/C21H31N3O2.ClH/c1-15(24-20(25)13-16-7-3-2-4-8-16)21(26)23-14-19-18-10-6-5-9-17(18)11-12-22-19;/h5-6,9-10,15-16,19,22H,2-4,7-8,11-14H2,1H3,(H,23,26)(H,24,25);1H. The zero-order chi connectivity index (χ0) is 18.4. The minimum absolute atomic E-state index is 0. The maximum atomic E-state index is 12.4. The van der Waals surface area contributed by atoms with Gasteiger partial charge in [-0.2, -0.15) is 0 Å². The minimum atomic E-state index is -0.495. The first-order valence-corrected chi connectivity index (χ1v) is 10.0. The van der Waals surface area contributed by atoms with Crippen LogP contribution in [0.2, 0.25) is 0 Å². The molecule has 1 aromatic carbocycles. The molecule has 2 atom stereocenters. The fourth-order valence-electron chi connectivity index (χ4n) is 4.15. The van der Waals surface area contributed by atoms with Crippen LogP contribution >= 0.6 is 12.4 Å². The summed E-state index contributed by atoms with van der Waals surface area (Å²) in [7, 11) is 0. The van der Waals surface area contributed by atoms with Crippen LogP contribution in [0.15, 0.2) is 24.3 Å². The van der Waals surface area contributed by atoms with E-state index in [-0.39, 0.29) is 30.3 Å². The molecule has 1 heterocycles. The molecule has 0 bridgehead atoms. The number of benzene rings is 1. The lowest BCUT2D eigenvalue weighted by Gasteiger charge is -2.27. The Morgan fingerprint density at radius 1 is 1.19 bits per heavy atom. The zero-order valence-electron chi connectivity index (χ0n) is 16.1. The topological polar surface area (TPSA) is 70.2 Å². The van der Waals surface area contributed by atoms with Crippen molar-refractivity contribution in [3.63, 3.8) is 0 Å². The van der Waals surface area contributed by atoms with E-state index in [2.05, 4.69) is 34.1 Å². The van der Waals surface area contributed by atoms with Crippen LogP contribution in [-0.4, -0.2) is 30.9 Å². The van der Waals surface area contributed by atoms with Gasteiger partial charge in [0.1, 0.15) is 6.04 Å². The van der Waals surface area contributed by atoms with Crippen molar-refractivity contribution in [3.8, 4) is 0 Å². The molecule has 2 unspecified atom stereocenters. The average molecular weight is 394 g/mol. The van der Waals surface area contributed by atoms with Gasteiger partial charge in [0, 0.05) is 19.0 Å². The van der Waals surface area contributed by atoms with Gasteiger partial charge < -0.3 is 16.0 Å². The highest BCUT2D eigenvalue weighted by Gasteiger charge is 2.23. The second-order valence-corrected chi connectivity index (χ2v) is 7.70. The summed E-state index contributed by atoms with van der Waals surface area (Å²) in [5.74, 6) is 0.370. The molecule has 0 radical (unpaired) electrons. The Hall–Kier alpha value is -1.59. The van der Waals surface area contributed by atoms with Crippen LogP contribution in [0.3, 0.4) is 0 Å². The fourth-order valence-corrected chi connectivity index (χ4v) is 4.15. The molecule has 1 aromatic rings. The van der Waals surface area contributed by atoms with E-state index in [9.17, 15) is 9.59 Å². The number of carbonyl (C=O) groups is 2. The highest BCUT2D eigenvalue weighted by molar-refractivity contribution is 5.87. The van der Waals surface area contributed by atoms with Crippen molar-refractivity contribution in [1.82, 2.24) is 16.0 Å². The van der Waals surface area contributed by atoms with Gasteiger partial charge in [-0.3, -0.25) is 9.59 Å². The molecular weight excluding hydrogens is 362 g/mol. The summed E-state index contributed by atoms with van der Waals surface area (Å²) in [5.41, 5.74) is 2.60. The van der Waals surface area contributed by atoms with E-state index in [1.54, 1.807) is 6.92 Å². The summed E-state index contributed by atoms with van der Waals surface area (Å²) >= 11 is 0. The minimum Gasteiger partial charge on any atom is -0.352 e. The third-order valence-electron chi connectivity index (χ3n) is 5.67. The Balaban J connectivity index is 0.00000261. The zero-order valence-corrected chi connectivity index (χ0v) is 16.9. The Kier molecular flexibility index (Phi) is 8.58. The molecule has 2 aliphatic rings. The Bertz CT molecular complexity index is 632. The summed E-state index contributed by atoms with van der Waals surface area (Å²) < 4.78 is 0. The third-order valence-corrected chi connectivity index (χ3v) is 5.67. The van der Waals surface area contributed by atoms with Crippen molar-refractivity contribution in [2.75, 3.05) is 13.1 Å². The number of rotatable bonds is 6. The van der Waals surface area contributed by atoms with Crippen LogP contribution in [0.1, 0.15) is 62.6 Å². The van der Waals surface area contributed by atoms with E-state index in [1.807, 2.05) is 6.07 Å². The molecule has 1 saturated carbocycles. The van der Waals surface area contributed by atoms with Crippen LogP contribution in [0.25, 0.3) is 0 Å². The SMILES string of the molecule is CC(NC(=O)CC1CCCCC1)C(=O)NCC1NCCc2ccccc21.Cl. The van der Waals surface area contributed by atoms with E-state index < -0.39 is 6.04 Å². The lowest BCUT2D eigenvalue weighted by atomic mass is 9.87. The summed E-state index contributed by atoms with van der Waals surface area (Å²) in [6.07, 6.45) is 7.59. The van der Waals surface area contributed by atoms with Crippen molar-refractivity contribution in [3.05, 3.63) is 35.4 Å². The molecule has 3 N–H and O–H groups in total. The van der Waals surface area contributed by atoms with Gasteiger partial charge in [-0.1, -0.05) is 43.5 Å². The van der Waals surface area contributed by atoms with Crippen LogP contribution in [0.4, 0.5) is 0 Å². The lowest BCUT2D eigenvalue weighted by Crippen LogP contribution is -2.47. The highest BCUT2D eigenvalue weighted by Crippen LogP contribution is 2.26. The molecule has 0 spiro atoms. The Morgan fingerprint density at radius 2 is 1.93 bits per heavy atom. The Labute approximate surface area is 168 Å². The van der Waals surface area contributed by atoms with Gasteiger partial charge in [0.05, 0.1) is 0 Å². The number of hydrogen-bond donors (Lipinski definition) is 3. The molecule has 1 aliphatic heterocycles. The second-order valence-electron chi connectivity index (χ2n) is 7.70. The van der Waals surface area contributed by atoms with Gasteiger partial charge >= 0.3 is 0 Å². The molecule has 150 valence electrons. The lowest BCUT2D eigenvalue weighted by molar-refractivity contribution is -0.129. The molecule has 6 heteroatoms. The van der Waals surface area contributed by atoms with Gasteiger partial charge in [0.2, 0.25) is 11.8 Å². The molecule has 1 fully saturated rings. The van der Waals surface area contributed by atoms with Crippen LogP contribution in [-0.2, 0) is 16.0 Å². The van der Waals surface area contributed by atoms with Crippen LogP contribution in [0.5, 0.6) is 0 Å².